The molecule has 0 amide bonds. The van der Waals surface area contributed by atoms with Crippen LogP contribution in [0.5, 0.6) is 0 Å². The molecule has 0 spiro atoms. The van der Waals surface area contributed by atoms with E-state index >= 15 is 0 Å². The molecular weight excluding hydrogens is 246 g/mol. The molecule has 1 unspecified atom stereocenters. The quantitative estimate of drug-likeness (QED) is 0.857. The smallest absolute Gasteiger partial charge is 0.146 e. The van der Waals surface area contributed by atoms with Gasteiger partial charge >= 0.3 is 0 Å². The second kappa shape index (κ2) is 6.02. The summed E-state index contributed by atoms with van der Waals surface area (Å²) in [5.41, 5.74) is 3.87. The number of ketones is 1. The molecule has 2 aromatic rings. The molecule has 0 saturated carbocycles. The maximum absolute atomic E-state index is 11.9. The van der Waals surface area contributed by atoms with Crippen molar-refractivity contribution in [2.24, 2.45) is 0 Å². The van der Waals surface area contributed by atoms with Crippen molar-refractivity contribution >= 4 is 5.78 Å². The monoisotopic (exact) mass is 265 g/mol. The van der Waals surface area contributed by atoms with Gasteiger partial charge in [0, 0.05) is 6.42 Å². The lowest BCUT2D eigenvalue weighted by Gasteiger charge is -2.21. The van der Waals surface area contributed by atoms with Crippen molar-refractivity contribution in [2.75, 3.05) is 6.54 Å². The maximum atomic E-state index is 11.9. The fourth-order valence-corrected chi connectivity index (χ4v) is 2.88. The van der Waals surface area contributed by atoms with Crippen molar-refractivity contribution in [1.82, 2.24) is 5.32 Å². The van der Waals surface area contributed by atoms with Gasteiger partial charge in [-0.05, 0) is 29.5 Å². The molecule has 3 rings (SSSR count). The van der Waals surface area contributed by atoms with Gasteiger partial charge in [0.2, 0.25) is 0 Å². The van der Waals surface area contributed by atoms with Crippen LogP contribution in [0.15, 0.2) is 54.6 Å². The minimum atomic E-state index is 0.106. The molecule has 1 N–H and O–H groups in total. The third-order valence-corrected chi connectivity index (χ3v) is 3.90. The summed E-state index contributed by atoms with van der Waals surface area (Å²) in [5.74, 6) is 0.304. The van der Waals surface area contributed by atoms with Gasteiger partial charge in [-0.3, -0.25) is 10.1 Å². The third kappa shape index (κ3) is 2.81. The molecule has 0 saturated heterocycles. The molecule has 0 aliphatic carbocycles. The van der Waals surface area contributed by atoms with Crippen LogP contribution in [-0.4, -0.2) is 12.3 Å². The van der Waals surface area contributed by atoms with Gasteiger partial charge in [-0.25, -0.2) is 0 Å². The molecule has 20 heavy (non-hydrogen) atoms. The standard InChI is InChI=1S/C18H19NO/c20-16-11-6-10-14-7-4-5-12-17(14)18(19-13-16)15-8-2-1-3-9-15/h1-5,7-9,12,18-19H,6,10-11,13H2. The summed E-state index contributed by atoms with van der Waals surface area (Å²) >= 11 is 0. The average molecular weight is 265 g/mol. The van der Waals surface area contributed by atoms with E-state index in [4.69, 9.17) is 0 Å². The highest BCUT2D eigenvalue weighted by Crippen LogP contribution is 2.27. The SMILES string of the molecule is O=C1CCCc2ccccc2C(c2ccccc2)NC1. The average Bonchev–Trinajstić information content (AvgIpc) is 2.57. The zero-order valence-electron chi connectivity index (χ0n) is 11.5. The largest absolute Gasteiger partial charge is 0.299 e. The predicted molar refractivity (Wildman–Crippen MR) is 80.7 cm³/mol. The fraction of sp³-hybridized carbons (Fsp3) is 0.278. The number of hydrogen-bond donors (Lipinski definition) is 1. The molecule has 0 radical (unpaired) electrons. The van der Waals surface area contributed by atoms with Crippen LogP contribution in [0.25, 0.3) is 0 Å². The van der Waals surface area contributed by atoms with Crippen LogP contribution in [-0.2, 0) is 11.2 Å². The van der Waals surface area contributed by atoms with Crippen molar-refractivity contribution in [2.45, 2.75) is 25.3 Å². The van der Waals surface area contributed by atoms with E-state index in [9.17, 15) is 4.79 Å². The van der Waals surface area contributed by atoms with Crippen LogP contribution >= 0.6 is 0 Å². The van der Waals surface area contributed by atoms with E-state index in [0.717, 1.165) is 12.8 Å². The molecule has 1 atom stereocenters. The van der Waals surface area contributed by atoms with E-state index < -0.39 is 0 Å². The van der Waals surface area contributed by atoms with Crippen LogP contribution < -0.4 is 5.32 Å². The van der Waals surface area contributed by atoms with E-state index in [1.54, 1.807) is 0 Å². The Morgan fingerprint density at radius 1 is 0.900 bits per heavy atom. The van der Waals surface area contributed by atoms with Crippen LogP contribution in [0, 0.1) is 0 Å². The Labute approximate surface area is 119 Å². The summed E-state index contributed by atoms with van der Waals surface area (Å²) in [6, 6.07) is 19.0. The normalized spacial score (nSPS) is 19.6. The first kappa shape index (κ1) is 13.1. The summed E-state index contributed by atoms with van der Waals surface area (Å²) in [6.45, 7) is 0.452. The second-order valence-electron chi connectivity index (χ2n) is 5.32. The number of carbonyl (C=O) groups is 1. The molecule has 2 aromatic carbocycles. The predicted octanol–water partition coefficient (Wildman–Crippen LogP) is 3.27. The Bertz CT molecular complexity index is 591. The van der Waals surface area contributed by atoms with Crippen LogP contribution in [0.1, 0.15) is 35.6 Å². The summed E-state index contributed by atoms with van der Waals surface area (Å²) in [4.78, 5) is 11.9. The number of rotatable bonds is 1. The number of hydrogen-bond acceptors (Lipinski definition) is 2. The van der Waals surface area contributed by atoms with Gasteiger partial charge < -0.3 is 0 Å². The third-order valence-electron chi connectivity index (χ3n) is 3.90. The van der Waals surface area contributed by atoms with Crippen LogP contribution in [0.4, 0.5) is 0 Å². The first-order valence-electron chi connectivity index (χ1n) is 7.22. The first-order chi connectivity index (χ1) is 9.84. The number of benzene rings is 2. The highest BCUT2D eigenvalue weighted by molar-refractivity contribution is 5.80. The molecule has 0 bridgehead atoms. The lowest BCUT2D eigenvalue weighted by Crippen LogP contribution is -2.28. The zero-order chi connectivity index (χ0) is 13.8. The van der Waals surface area contributed by atoms with Crippen molar-refractivity contribution in [3.05, 3.63) is 71.3 Å². The summed E-state index contributed by atoms with van der Waals surface area (Å²) < 4.78 is 0. The van der Waals surface area contributed by atoms with Crippen LogP contribution in [0.2, 0.25) is 0 Å². The molecule has 1 aliphatic rings. The Morgan fingerprint density at radius 3 is 2.50 bits per heavy atom. The van der Waals surface area contributed by atoms with E-state index in [0.29, 0.717) is 18.7 Å². The van der Waals surface area contributed by atoms with Gasteiger partial charge in [-0.1, -0.05) is 54.6 Å². The topological polar surface area (TPSA) is 29.1 Å². The lowest BCUT2D eigenvalue weighted by atomic mass is 9.92. The summed E-state index contributed by atoms with van der Waals surface area (Å²) in [7, 11) is 0. The van der Waals surface area contributed by atoms with Crippen molar-refractivity contribution in [1.29, 1.82) is 0 Å². The molecule has 2 nitrogen and oxygen atoms in total. The number of fused-ring (bicyclic) bond motifs is 1. The van der Waals surface area contributed by atoms with Gasteiger partial charge in [0.15, 0.2) is 0 Å². The molecule has 0 fully saturated rings. The van der Waals surface area contributed by atoms with Crippen molar-refractivity contribution < 1.29 is 4.79 Å². The van der Waals surface area contributed by atoms with E-state index in [2.05, 4.69) is 41.7 Å². The van der Waals surface area contributed by atoms with E-state index in [1.807, 2.05) is 18.2 Å². The van der Waals surface area contributed by atoms with E-state index in [-0.39, 0.29) is 6.04 Å². The van der Waals surface area contributed by atoms with E-state index in [1.165, 1.54) is 16.7 Å². The van der Waals surface area contributed by atoms with Gasteiger partial charge in [-0.15, -0.1) is 0 Å². The second-order valence-corrected chi connectivity index (χ2v) is 5.32. The van der Waals surface area contributed by atoms with Gasteiger partial charge in [0.05, 0.1) is 12.6 Å². The summed E-state index contributed by atoms with van der Waals surface area (Å²) in [5, 5.41) is 3.43. The molecule has 102 valence electrons. The Morgan fingerprint density at radius 2 is 1.65 bits per heavy atom. The van der Waals surface area contributed by atoms with Gasteiger partial charge in [0.1, 0.15) is 5.78 Å². The molecule has 2 heteroatoms. The number of nitrogens with one attached hydrogen (secondary N) is 1. The molecule has 1 heterocycles. The fourth-order valence-electron chi connectivity index (χ4n) is 2.88. The van der Waals surface area contributed by atoms with Crippen LogP contribution in [0.3, 0.4) is 0 Å². The summed E-state index contributed by atoms with van der Waals surface area (Å²) in [6.07, 6.45) is 2.59. The van der Waals surface area contributed by atoms with Crippen molar-refractivity contribution in [3.8, 4) is 0 Å². The highest BCUT2D eigenvalue weighted by Gasteiger charge is 2.19. The zero-order valence-corrected chi connectivity index (χ0v) is 11.5. The Hall–Kier alpha value is -1.93. The van der Waals surface area contributed by atoms with Crippen molar-refractivity contribution in [3.63, 3.8) is 0 Å². The van der Waals surface area contributed by atoms with Gasteiger partial charge in [-0.2, -0.15) is 0 Å². The minimum absolute atomic E-state index is 0.106. The maximum Gasteiger partial charge on any atom is 0.146 e. The molecule has 0 aromatic heterocycles. The minimum Gasteiger partial charge on any atom is -0.299 e. The van der Waals surface area contributed by atoms with Gasteiger partial charge in [0.25, 0.3) is 0 Å². The number of aryl methyl sites for hydroxylation is 1. The Balaban J connectivity index is 2.03. The molecular formula is C18H19NO. The lowest BCUT2D eigenvalue weighted by molar-refractivity contribution is -0.118. The Kier molecular flexibility index (Phi) is 3.93. The number of carbonyl (C=O) groups excluding carboxylic acids is 1. The first-order valence-corrected chi connectivity index (χ1v) is 7.22. The number of Topliss-reactive ketones (excluding diaryl/α,β-unsaturated/α-hetero) is 1. The highest BCUT2D eigenvalue weighted by atomic mass is 16.1. The molecule has 1 aliphatic heterocycles.